The number of aryl methyl sites for hydroxylation is 2. The molecular weight excluding hydrogens is 298 g/mol. The van der Waals surface area contributed by atoms with Crippen molar-refractivity contribution in [2.75, 3.05) is 5.32 Å². The average molecular weight is 312 g/mol. The van der Waals surface area contributed by atoms with E-state index in [0.717, 1.165) is 5.69 Å². The molecule has 18 heavy (non-hydrogen) atoms. The lowest BCUT2D eigenvalue weighted by Crippen LogP contribution is -2.23. The standard InChI is InChI=1S/C11H14BrN5O/c1-3-17-11(18)10(12)9(7-15-17)13-6-8-4-5-14-16(8)2/h4-5,7,13H,3,6H2,1-2H3. The third-order valence-corrected chi connectivity index (χ3v) is 3.43. The number of nitrogens with zero attached hydrogens (tertiary/aromatic N) is 4. The highest BCUT2D eigenvalue weighted by molar-refractivity contribution is 9.10. The van der Waals surface area contributed by atoms with Gasteiger partial charge in [-0.2, -0.15) is 10.2 Å². The maximum absolute atomic E-state index is 11.8. The lowest BCUT2D eigenvalue weighted by Gasteiger charge is -2.09. The molecule has 0 amide bonds. The smallest absolute Gasteiger partial charge is 0.283 e. The molecule has 2 heterocycles. The number of aromatic nitrogens is 4. The van der Waals surface area contributed by atoms with Crippen LogP contribution in [0.15, 0.2) is 27.7 Å². The van der Waals surface area contributed by atoms with Crippen LogP contribution in [0.3, 0.4) is 0 Å². The van der Waals surface area contributed by atoms with E-state index in [9.17, 15) is 4.79 Å². The molecule has 7 heteroatoms. The molecule has 0 saturated heterocycles. The third kappa shape index (κ3) is 2.45. The van der Waals surface area contributed by atoms with E-state index in [4.69, 9.17) is 0 Å². The Kier molecular flexibility index (Phi) is 3.81. The molecule has 0 unspecified atom stereocenters. The Morgan fingerprint density at radius 3 is 2.83 bits per heavy atom. The number of hydrogen-bond donors (Lipinski definition) is 1. The second kappa shape index (κ2) is 5.34. The molecule has 0 fully saturated rings. The molecule has 0 atom stereocenters. The summed E-state index contributed by atoms with van der Waals surface area (Å²) < 4.78 is 3.68. The molecule has 0 aliphatic carbocycles. The first-order chi connectivity index (χ1) is 8.63. The van der Waals surface area contributed by atoms with Gasteiger partial charge in [-0.15, -0.1) is 0 Å². The molecule has 0 aliphatic heterocycles. The maximum Gasteiger partial charge on any atom is 0.283 e. The Morgan fingerprint density at radius 2 is 2.22 bits per heavy atom. The van der Waals surface area contributed by atoms with E-state index in [1.54, 1.807) is 17.1 Å². The normalized spacial score (nSPS) is 10.6. The quantitative estimate of drug-likeness (QED) is 0.926. The fraction of sp³-hybridized carbons (Fsp3) is 0.364. The van der Waals surface area contributed by atoms with Crippen LogP contribution in [0.4, 0.5) is 5.69 Å². The van der Waals surface area contributed by atoms with Gasteiger partial charge in [-0.1, -0.05) is 0 Å². The molecule has 2 aromatic heterocycles. The van der Waals surface area contributed by atoms with Crippen molar-refractivity contribution in [2.45, 2.75) is 20.0 Å². The van der Waals surface area contributed by atoms with Crippen LogP contribution in [0, 0.1) is 0 Å². The van der Waals surface area contributed by atoms with Crippen molar-refractivity contribution >= 4 is 21.6 Å². The van der Waals surface area contributed by atoms with Crippen molar-refractivity contribution in [1.82, 2.24) is 19.6 Å². The predicted molar refractivity (Wildman–Crippen MR) is 72.4 cm³/mol. The highest BCUT2D eigenvalue weighted by Crippen LogP contribution is 2.16. The molecule has 1 N–H and O–H groups in total. The van der Waals surface area contributed by atoms with Gasteiger partial charge in [0.25, 0.3) is 5.56 Å². The first kappa shape index (κ1) is 12.8. The Morgan fingerprint density at radius 1 is 1.44 bits per heavy atom. The van der Waals surface area contributed by atoms with Gasteiger partial charge in [-0.05, 0) is 28.9 Å². The van der Waals surface area contributed by atoms with Crippen LogP contribution >= 0.6 is 15.9 Å². The molecule has 0 spiro atoms. The number of hydrogen-bond acceptors (Lipinski definition) is 4. The van der Waals surface area contributed by atoms with Crippen LogP contribution in [0.2, 0.25) is 0 Å². The van der Waals surface area contributed by atoms with Gasteiger partial charge in [0.05, 0.1) is 24.1 Å². The number of anilines is 1. The molecule has 0 radical (unpaired) electrons. The van der Waals surface area contributed by atoms with E-state index in [1.807, 2.05) is 20.0 Å². The van der Waals surface area contributed by atoms with Gasteiger partial charge in [0.2, 0.25) is 0 Å². The van der Waals surface area contributed by atoms with Gasteiger partial charge >= 0.3 is 0 Å². The zero-order valence-electron chi connectivity index (χ0n) is 10.2. The highest BCUT2D eigenvalue weighted by Gasteiger charge is 2.08. The van der Waals surface area contributed by atoms with Crippen LogP contribution in [0.1, 0.15) is 12.6 Å². The Balaban J connectivity index is 2.18. The lowest BCUT2D eigenvalue weighted by atomic mass is 10.4. The van der Waals surface area contributed by atoms with Crippen molar-refractivity contribution in [2.24, 2.45) is 7.05 Å². The molecular formula is C11H14BrN5O. The summed E-state index contributed by atoms with van der Waals surface area (Å²) in [4.78, 5) is 11.8. The van der Waals surface area contributed by atoms with E-state index in [2.05, 4.69) is 31.4 Å². The summed E-state index contributed by atoms with van der Waals surface area (Å²) >= 11 is 3.30. The summed E-state index contributed by atoms with van der Waals surface area (Å²) in [6.45, 7) is 3.02. The summed E-state index contributed by atoms with van der Waals surface area (Å²) in [5.74, 6) is 0. The second-order valence-corrected chi connectivity index (χ2v) is 4.59. The first-order valence-electron chi connectivity index (χ1n) is 5.60. The predicted octanol–water partition coefficient (Wildman–Crippen LogP) is 1.37. The van der Waals surface area contributed by atoms with E-state index < -0.39 is 0 Å². The largest absolute Gasteiger partial charge is 0.377 e. The zero-order valence-corrected chi connectivity index (χ0v) is 11.8. The molecule has 0 bridgehead atoms. The topological polar surface area (TPSA) is 64.7 Å². The van der Waals surface area contributed by atoms with Crippen LogP contribution in [-0.4, -0.2) is 19.6 Å². The molecule has 0 aliphatic rings. The van der Waals surface area contributed by atoms with Crippen molar-refractivity contribution in [1.29, 1.82) is 0 Å². The van der Waals surface area contributed by atoms with Crippen LogP contribution < -0.4 is 10.9 Å². The zero-order chi connectivity index (χ0) is 13.1. The van der Waals surface area contributed by atoms with Gasteiger partial charge in [-0.25, -0.2) is 4.68 Å². The monoisotopic (exact) mass is 311 g/mol. The van der Waals surface area contributed by atoms with Crippen LogP contribution in [-0.2, 0) is 20.1 Å². The van der Waals surface area contributed by atoms with E-state index in [-0.39, 0.29) is 5.56 Å². The van der Waals surface area contributed by atoms with Gasteiger partial charge in [0, 0.05) is 19.8 Å². The Bertz CT molecular complexity index is 604. The van der Waals surface area contributed by atoms with Crippen molar-refractivity contribution in [3.8, 4) is 0 Å². The SMILES string of the molecule is CCn1ncc(NCc2ccnn2C)c(Br)c1=O. The molecule has 2 rings (SSSR count). The maximum atomic E-state index is 11.8. The average Bonchev–Trinajstić information content (AvgIpc) is 2.77. The first-order valence-corrected chi connectivity index (χ1v) is 6.39. The summed E-state index contributed by atoms with van der Waals surface area (Å²) in [7, 11) is 1.87. The van der Waals surface area contributed by atoms with Gasteiger partial charge in [0.15, 0.2) is 0 Å². The van der Waals surface area contributed by atoms with Gasteiger partial charge in [0.1, 0.15) is 4.47 Å². The third-order valence-electron chi connectivity index (χ3n) is 2.67. The minimum Gasteiger partial charge on any atom is -0.377 e. The Labute approximate surface area is 113 Å². The van der Waals surface area contributed by atoms with Gasteiger partial charge in [-0.3, -0.25) is 9.48 Å². The molecule has 2 aromatic rings. The molecule has 6 nitrogen and oxygen atoms in total. The van der Waals surface area contributed by atoms with E-state index >= 15 is 0 Å². The molecule has 0 aromatic carbocycles. The summed E-state index contributed by atoms with van der Waals surface area (Å²) in [5, 5.41) is 11.3. The number of rotatable bonds is 4. The molecule has 0 saturated carbocycles. The van der Waals surface area contributed by atoms with Crippen molar-refractivity contribution in [3.05, 3.63) is 39.0 Å². The van der Waals surface area contributed by atoms with Crippen molar-refractivity contribution in [3.63, 3.8) is 0 Å². The van der Waals surface area contributed by atoms with E-state index in [0.29, 0.717) is 23.2 Å². The molecule has 96 valence electrons. The minimum atomic E-state index is -0.132. The highest BCUT2D eigenvalue weighted by atomic mass is 79.9. The minimum absolute atomic E-state index is 0.132. The lowest BCUT2D eigenvalue weighted by molar-refractivity contribution is 0.612. The van der Waals surface area contributed by atoms with Crippen molar-refractivity contribution < 1.29 is 0 Å². The fourth-order valence-corrected chi connectivity index (χ4v) is 2.02. The summed E-state index contributed by atoms with van der Waals surface area (Å²) in [6, 6.07) is 1.92. The summed E-state index contributed by atoms with van der Waals surface area (Å²) in [5.41, 5.74) is 1.58. The number of halogens is 1. The Hall–Kier alpha value is -1.63. The number of nitrogens with one attached hydrogen (secondary N) is 1. The second-order valence-electron chi connectivity index (χ2n) is 3.79. The van der Waals surface area contributed by atoms with Crippen LogP contribution in [0.5, 0.6) is 0 Å². The van der Waals surface area contributed by atoms with Crippen LogP contribution in [0.25, 0.3) is 0 Å². The fourth-order valence-electron chi connectivity index (χ4n) is 1.57. The summed E-state index contributed by atoms with van der Waals surface area (Å²) in [6.07, 6.45) is 3.38. The van der Waals surface area contributed by atoms with Gasteiger partial charge < -0.3 is 5.32 Å². The van der Waals surface area contributed by atoms with E-state index in [1.165, 1.54) is 4.68 Å².